The normalized spacial score (nSPS) is 33.7. The van der Waals surface area contributed by atoms with Crippen molar-refractivity contribution in [2.45, 2.75) is 25.5 Å². The van der Waals surface area contributed by atoms with Gasteiger partial charge < -0.3 is 10.1 Å². The SMILES string of the molecule is C=CC1NCCOC1CC. The highest BCUT2D eigenvalue weighted by molar-refractivity contribution is 4.93. The van der Waals surface area contributed by atoms with E-state index in [4.69, 9.17) is 4.74 Å². The third-order valence-electron chi connectivity index (χ3n) is 1.87. The Morgan fingerprint density at radius 2 is 2.60 bits per heavy atom. The molecule has 2 nitrogen and oxygen atoms in total. The van der Waals surface area contributed by atoms with E-state index in [0.717, 1.165) is 19.6 Å². The van der Waals surface area contributed by atoms with E-state index in [2.05, 4.69) is 18.8 Å². The highest BCUT2D eigenvalue weighted by Crippen LogP contribution is 2.08. The molecule has 0 aromatic carbocycles. The summed E-state index contributed by atoms with van der Waals surface area (Å²) in [5.74, 6) is 0. The van der Waals surface area contributed by atoms with Gasteiger partial charge in [-0.3, -0.25) is 0 Å². The minimum absolute atomic E-state index is 0.339. The van der Waals surface area contributed by atoms with Gasteiger partial charge in [0.05, 0.1) is 18.8 Å². The van der Waals surface area contributed by atoms with Gasteiger partial charge in [-0.05, 0) is 6.42 Å². The van der Waals surface area contributed by atoms with Crippen LogP contribution in [0.4, 0.5) is 0 Å². The lowest BCUT2D eigenvalue weighted by molar-refractivity contribution is 0.00711. The van der Waals surface area contributed by atoms with Gasteiger partial charge >= 0.3 is 0 Å². The molecule has 2 unspecified atom stereocenters. The lowest BCUT2D eigenvalue weighted by Gasteiger charge is -2.29. The molecule has 0 spiro atoms. The second-order valence-electron chi connectivity index (χ2n) is 2.53. The fourth-order valence-corrected chi connectivity index (χ4v) is 1.28. The first-order valence-corrected chi connectivity index (χ1v) is 3.86. The van der Waals surface area contributed by atoms with Crippen LogP contribution in [0, 0.1) is 0 Å². The summed E-state index contributed by atoms with van der Waals surface area (Å²) >= 11 is 0. The third kappa shape index (κ3) is 1.58. The lowest BCUT2D eigenvalue weighted by Crippen LogP contribution is -2.46. The summed E-state index contributed by atoms with van der Waals surface area (Å²) in [6.07, 6.45) is 3.32. The van der Waals surface area contributed by atoms with Gasteiger partial charge in [-0.2, -0.15) is 0 Å². The average Bonchev–Trinajstić information content (AvgIpc) is 2.04. The zero-order valence-electron chi connectivity index (χ0n) is 6.47. The molecule has 0 saturated carbocycles. The maximum Gasteiger partial charge on any atom is 0.0761 e. The van der Waals surface area contributed by atoms with Crippen LogP contribution in [0.3, 0.4) is 0 Å². The Morgan fingerprint density at radius 3 is 3.10 bits per heavy atom. The molecule has 0 aromatic rings. The molecular weight excluding hydrogens is 126 g/mol. The van der Waals surface area contributed by atoms with Crippen molar-refractivity contribution >= 4 is 0 Å². The molecule has 0 aliphatic carbocycles. The molecule has 10 heavy (non-hydrogen) atoms. The van der Waals surface area contributed by atoms with Crippen LogP contribution in [0.5, 0.6) is 0 Å². The molecule has 1 aliphatic heterocycles. The van der Waals surface area contributed by atoms with Crippen molar-refractivity contribution in [1.82, 2.24) is 5.32 Å². The molecule has 2 heteroatoms. The molecule has 1 saturated heterocycles. The van der Waals surface area contributed by atoms with E-state index in [9.17, 15) is 0 Å². The summed E-state index contributed by atoms with van der Waals surface area (Å²) in [5, 5.41) is 3.33. The summed E-state index contributed by atoms with van der Waals surface area (Å²) in [6.45, 7) is 7.66. The van der Waals surface area contributed by atoms with Crippen LogP contribution in [0.1, 0.15) is 13.3 Å². The minimum atomic E-state index is 0.339. The predicted octanol–water partition coefficient (Wildman–Crippen LogP) is 0.939. The van der Waals surface area contributed by atoms with Crippen molar-refractivity contribution in [2.75, 3.05) is 13.2 Å². The van der Waals surface area contributed by atoms with E-state index < -0.39 is 0 Å². The van der Waals surface area contributed by atoms with E-state index in [-0.39, 0.29) is 0 Å². The van der Waals surface area contributed by atoms with Crippen molar-refractivity contribution in [3.63, 3.8) is 0 Å². The monoisotopic (exact) mass is 141 g/mol. The molecule has 0 aromatic heterocycles. The molecule has 0 radical (unpaired) electrons. The van der Waals surface area contributed by atoms with Crippen molar-refractivity contribution in [2.24, 2.45) is 0 Å². The Kier molecular flexibility index (Phi) is 2.90. The highest BCUT2D eigenvalue weighted by atomic mass is 16.5. The number of ether oxygens (including phenoxy) is 1. The molecule has 1 fully saturated rings. The molecule has 0 bridgehead atoms. The van der Waals surface area contributed by atoms with Gasteiger partial charge in [0.1, 0.15) is 0 Å². The van der Waals surface area contributed by atoms with Crippen molar-refractivity contribution in [1.29, 1.82) is 0 Å². The average molecular weight is 141 g/mol. The standard InChI is InChI=1S/C8H15NO/c1-3-7-8(4-2)10-6-5-9-7/h3,7-9H,1,4-6H2,2H3. The Hall–Kier alpha value is -0.340. The Morgan fingerprint density at radius 1 is 1.80 bits per heavy atom. The molecule has 0 amide bonds. The van der Waals surface area contributed by atoms with Gasteiger partial charge in [0.25, 0.3) is 0 Å². The van der Waals surface area contributed by atoms with Gasteiger partial charge in [-0.1, -0.05) is 13.0 Å². The van der Waals surface area contributed by atoms with Crippen LogP contribution in [-0.4, -0.2) is 25.3 Å². The number of hydrogen-bond acceptors (Lipinski definition) is 2. The third-order valence-corrected chi connectivity index (χ3v) is 1.87. The first-order chi connectivity index (χ1) is 4.88. The van der Waals surface area contributed by atoms with Gasteiger partial charge in [0.2, 0.25) is 0 Å². The van der Waals surface area contributed by atoms with Gasteiger partial charge in [0.15, 0.2) is 0 Å². The summed E-state index contributed by atoms with van der Waals surface area (Å²) < 4.78 is 5.50. The topological polar surface area (TPSA) is 21.3 Å². The van der Waals surface area contributed by atoms with Crippen LogP contribution in [0.15, 0.2) is 12.7 Å². The summed E-state index contributed by atoms with van der Waals surface area (Å²) in [5.41, 5.74) is 0. The van der Waals surface area contributed by atoms with E-state index in [1.165, 1.54) is 0 Å². The van der Waals surface area contributed by atoms with Crippen LogP contribution in [-0.2, 0) is 4.74 Å². The van der Waals surface area contributed by atoms with Gasteiger partial charge in [0, 0.05) is 6.54 Å². The maximum absolute atomic E-state index is 5.50. The molecule has 1 heterocycles. The molecule has 1 N–H and O–H groups in total. The smallest absolute Gasteiger partial charge is 0.0761 e. The number of morpholine rings is 1. The lowest BCUT2D eigenvalue weighted by atomic mass is 10.1. The predicted molar refractivity (Wildman–Crippen MR) is 42.0 cm³/mol. The summed E-state index contributed by atoms with van der Waals surface area (Å²) in [7, 11) is 0. The highest BCUT2D eigenvalue weighted by Gasteiger charge is 2.20. The van der Waals surface area contributed by atoms with Gasteiger partial charge in [-0.15, -0.1) is 6.58 Å². The van der Waals surface area contributed by atoms with Crippen molar-refractivity contribution in [3.8, 4) is 0 Å². The van der Waals surface area contributed by atoms with E-state index in [1.54, 1.807) is 0 Å². The minimum Gasteiger partial charge on any atom is -0.375 e. The van der Waals surface area contributed by atoms with Crippen LogP contribution in [0.25, 0.3) is 0 Å². The van der Waals surface area contributed by atoms with Crippen LogP contribution >= 0.6 is 0 Å². The fourth-order valence-electron chi connectivity index (χ4n) is 1.28. The van der Waals surface area contributed by atoms with Crippen LogP contribution in [0.2, 0.25) is 0 Å². The molecule has 1 aliphatic rings. The first-order valence-electron chi connectivity index (χ1n) is 3.86. The second-order valence-corrected chi connectivity index (χ2v) is 2.53. The molecular formula is C8H15NO. The first kappa shape index (κ1) is 7.76. The summed E-state index contributed by atoms with van der Waals surface area (Å²) in [4.78, 5) is 0. The molecule has 1 rings (SSSR count). The fraction of sp³-hybridized carbons (Fsp3) is 0.750. The van der Waals surface area contributed by atoms with Crippen molar-refractivity contribution < 1.29 is 4.74 Å². The van der Waals surface area contributed by atoms with E-state index in [1.807, 2.05) is 6.08 Å². The quantitative estimate of drug-likeness (QED) is 0.578. The zero-order chi connectivity index (χ0) is 7.40. The van der Waals surface area contributed by atoms with E-state index >= 15 is 0 Å². The summed E-state index contributed by atoms with van der Waals surface area (Å²) in [6, 6.07) is 0.360. The van der Waals surface area contributed by atoms with Gasteiger partial charge in [-0.25, -0.2) is 0 Å². The Balaban J connectivity index is 2.41. The Labute approximate surface area is 62.3 Å². The van der Waals surface area contributed by atoms with Crippen molar-refractivity contribution in [3.05, 3.63) is 12.7 Å². The number of hydrogen-bond donors (Lipinski definition) is 1. The zero-order valence-corrected chi connectivity index (χ0v) is 6.47. The van der Waals surface area contributed by atoms with Crippen LogP contribution < -0.4 is 5.32 Å². The molecule has 2 atom stereocenters. The van der Waals surface area contributed by atoms with E-state index in [0.29, 0.717) is 12.1 Å². The maximum atomic E-state index is 5.50. The second kappa shape index (κ2) is 3.74. The number of nitrogens with one attached hydrogen (secondary N) is 1. The number of rotatable bonds is 2. The Bertz CT molecular complexity index is 114. The largest absolute Gasteiger partial charge is 0.375 e. The molecule has 58 valence electrons.